The van der Waals surface area contributed by atoms with E-state index < -0.39 is 5.54 Å². The lowest BCUT2D eigenvalue weighted by Gasteiger charge is -2.36. The van der Waals surface area contributed by atoms with Crippen molar-refractivity contribution in [3.63, 3.8) is 0 Å². The van der Waals surface area contributed by atoms with Crippen molar-refractivity contribution in [2.45, 2.75) is 58.5 Å². The van der Waals surface area contributed by atoms with Gasteiger partial charge in [0.2, 0.25) is 0 Å². The van der Waals surface area contributed by atoms with Gasteiger partial charge in [-0.3, -0.25) is 4.79 Å². The Kier molecular flexibility index (Phi) is 5.17. The van der Waals surface area contributed by atoms with E-state index in [0.29, 0.717) is 10.6 Å². The monoisotopic (exact) mass is 281 g/mol. The van der Waals surface area contributed by atoms with Crippen LogP contribution in [0.1, 0.15) is 57.8 Å². The van der Waals surface area contributed by atoms with Gasteiger partial charge >= 0.3 is 0 Å². The van der Waals surface area contributed by atoms with Gasteiger partial charge in [0, 0.05) is 16.1 Å². The number of hydrogen-bond donors (Lipinski definition) is 1. The van der Waals surface area contributed by atoms with Crippen molar-refractivity contribution in [3.05, 3.63) is 34.9 Å². The van der Waals surface area contributed by atoms with E-state index in [-0.39, 0.29) is 11.3 Å². The minimum atomic E-state index is -0.558. The summed E-state index contributed by atoms with van der Waals surface area (Å²) in [5.41, 5.74) is -0.00394. The smallest absolute Gasteiger partial charge is 0.182 e. The highest BCUT2D eigenvalue weighted by molar-refractivity contribution is 6.31. The average molecular weight is 282 g/mol. The second-order valence-corrected chi connectivity index (χ2v) is 6.73. The Morgan fingerprint density at radius 3 is 2.37 bits per heavy atom. The molecule has 1 aromatic carbocycles. The van der Waals surface area contributed by atoms with Crippen molar-refractivity contribution in [2.24, 2.45) is 0 Å². The molecule has 1 atom stereocenters. The third-order valence-corrected chi connectivity index (χ3v) is 3.22. The highest BCUT2D eigenvalue weighted by Gasteiger charge is 2.35. The van der Waals surface area contributed by atoms with E-state index in [4.69, 9.17) is 11.6 Å². The summed E-state index contributed by atoms with van der Waals surface area (Å²) in [6.45, 7) is 10.3. The van der Waals surface area contributed by atoms with Crippen LogP contribution in [-0.2, 0) is 0 Å². The first-order valence-corrected chi connectivity index (χ1v) is 7.15. The zero-order valence-corrected chi connectivity index (χ0v) is 13.3. The Hall–Kier alpha value is -0.860. The molecule has 3 heteroatoms. The summed E-state index contributed by atoms with van der Waals surface area (Å²) < 4.78 is 0. The maximum absolute atomic E-state index is 12.8. The highest BCUT2D eigenvalue weighted by atomic mass is 35.5. The van der Waals surface area contributed by atoms with Crippen molar-refractivity contribution < 1.29 is 4.79 Å². The third kappa shape index (κ3) is 4.63. The molecule has 2 nitrogen and oxygen atoms in total. The van der Waals surface area contributed by atoms with Gasteiger partial charge in [0.1, 0.15) is 0 Å². The van der Waals surface area contributed by atoms with E-state index >= 15 is 0 Å². The molecule has 0 radical (unpaired) electrons. The van der Waals surface area contributed by atoms with Crippen LogP contribution in [0.5, 0.6) is 0 Å². The van der Waals surface area contributed by atoms with E-state index in [9.17, 15) is 4.79 Å². The maximum Gasteiger partial charge on any atom is 0.182 e. The SMILES string of the molecule is CCCC(C)(NC(C)(C)C)C(=O)c1cccc(Cl)c1. The van der Waals surface area contributed by atoms with Crippen LogP contribution in [0.3, 0.4) is 0 Å². The molecule has 0 bridgehead atoms. The molecule has 1 rings (SSSR count). The molecule has 0 spiro atoms. The van der Waals surface area contributed by atoms with Crippen LogP contribution in [0.2, 0.25) is 5.02 Å². The fourth-order valence-corrected chi connectivity index (χ4v) is 2.70. The van der Waals surface area contributed by atoms with Crippen LogP contribution < -0.4 is 5.32 Å². The van der Waals surface area contributed by atoms with Gasteiger partial charge in [0.25, 0.3) is 0 Å². The standard InChI is InChI=1S/C16H24ClNO/c1-6-10-16(5,18-15(2,3)4)14(19)12-8-7-9-13(17)11-12/h7-9,11,18H,6,10H2,1-5H3. The quantitative estimate of drug-likeness (QED) is 0.807. The van der Waals surface area contributed by atoms with Gasteiger partial charge in [0.15, 0.2) is 5.78 Å². The predicted molar refractivity (Wildman–Crippen MR) is 82.0 cm³/mol. The van der Waals surface area contributed by atoms with Crippen molar-refractivity contribution in [1.29, 1.82) is 0 Å². The van der Waals surface area contributed by atoms with Gasteiger partial charge in [-0.05, 0) is 46.2 Å². The number of carbonyl (C=O) groups excluding carboxylic acids is 1. The second-order valence-electron chi connectivity index (χ2n) is 6.30. The van der Waals surface area contributed by atoms with Crippen LogP contribution in [0.15, 0.2) is 24.3 Å². The molecule has 0 fully saturated rings. The summed E-state index contributed by atoms with van der Waals surface area (Å²) in [5, 5.41) is 4.06. The molecule has 0 aliphatic carbocycles. The molecule has 0 aliphatic heterocycles. The fraction of sp³-hybridized carbons (Fsp3) is 0.562. The van der Waals surface area contributed by atoms with Crippen LogP contribution >= 0.6 is 11.6 Å². The molecule has 1 N–H and O–H groups in total. The van der Waals surface area contributed by atoms with Gasteiger partial charge in [-0.15, -0.1) is 0 Å². The Morgan fingerprint density at radius 2 is 1.89 bits per heavy atom. The number of ketones is 1. The van der Waals surface area contributed by atoms with Crippen LogP contribution in [0, 0.1) is 0 Å². The molecular formula is C16H24ClNO. The van der Waals surface area contributed by atoms with Gasteiger partial charge in [-0.25, -0.2) is 0 Å². The summed E-state index contributed by atoms with van der Waals surface area (Å²) in [5.74, 6) is 0.103. The molecule has 0 aromatic heterocycles. The topological polar surface area (TPSA) is 29.1 Å². The van der Waals surface area contributed by atoms with E-state index in [1.807, 2.05) is 19.1 Å². The number of Topliss-reactive ketones (excluding diaryl/α,β-unsaturated/α-hetero) is 1. The van der Waals surface area contributed by atoms with Gasteiger partial charge in [0.05, 0.1) is 5.54 Å². The molecule has 0 saturated carbocycles. The third-order valence-electron chi connectivity index (χ3n) is 2.99. The number of carbonyl (C=O) groups is 1. The first kappa shape index (κ1) is 16.2. The maximum atomic E-state index is 12.8. The van der Waals surface area contributed by atoms with E-state index in [1.165, 1.54) is 0 Å². The number of halogens is 1. The normalized spacial score (nSPS) is 15.1. The summed E-state index contributed by atoms with van der Waals surface area (Å²) >= 11 is 5.98. The van der Waals surface area contributed by atoms with E-state index in [1.54, 1.807) is 12.1 Å². The lowest BCUT2D eigenvalue weighted by molar-refractivity contribution is 0.0820. The number of nitrogens with one attached hydrogen (secondary N) is 1. The Morgan fingerprint density at radius 1 is 1.26 bits per heavy atom. The molecule has 1 unspecified atom stereocenters. The zero-order valence-electron chi connectivity index (χ0n) is 12.5. The Labute approximate surface area is 121 Å². The Bertz CT molecular complexity index is 450. The highest BCUT2D eigenvalue weighted by Crippen LogP contribution is 2.23. The van der Waals surface area contributed by atoms with E-state index in [2.05, 4.69) is 33.0 Å². The van der Waals surface area contributed by atoms with Crippen molar-refractivity contribution in [2.75, 3.05) is 0 Å². The number of rotatable bonds is 5. The van der Waals surface area contributed by atoms with Gasteiger partial charge < -0.3 is 5.32 Å². The number of hydrogen-bond acceptors (Lipinski definition) is 2. The first-order valence-electron chi connectivity index (χ1n) is 6.78. The van der Waals surface area contributed by atoms with Crippen LogP contribution in [-0.4, -0.2) is 16.9 Å². The largest absolute Gasteiger partial charge is 0.300 e. The zero-order chi connectivity index (χ0) is 14.7. The van der Waals surface area contributed by atoms with E-state index in [0.717, 1.165) is 12.8 Å². The molecule has 1 aromatic rings. The number of benzene rings is 1. The fourth-order valence-electron chi connectivity index (χ4n) is 2.51. The molecule has 0 heterocycles. The van der Waals surface area contributed by atoms with Gasteiger partial charge in [-0.1, -0.05) is 37.1 Å². The van der Waals surface area contributed by atoms with Crippen LogP contribution in [0.25, 0.3) is 0 Å². The summed E-state index contributed by atoms with van der Waals surface area (Å²) in [4.78, 5) is 12.8. The second kappa shape index (κ2) is 6.06. The van der Waals surface area contributed by atoms with Crippen molar-refractivity contribution in [1.82, 2.24) is 5.32 Å². The minimum Gasteiger partial charge on any atom is -0.300 e. The van der Waals surface area contributed by atoms with Crippen LogP contribution in [0.4, 0.5) is 0 Å². The first-order chi connectivity index (χ1) is 8.68. The van der Waals surface area contributed by atoms with Gasteiger partial charge in [-0.2, -0.15) is 0 Å². The molecule has 0 amide bonds. The molecule has 0 saturated heterocycles. The summed E-state index contributed by atoms with van der Waals surface area (Å²) in [6.07, 6.45) is 1.75. The Balaban J connectivity index is 3.08. The lowest BCUT2D eigenvalue weighted by atomic mass is 9.84. The van der Waals surface area contributed by atoms with Crippen molar-refractivity contribution in [3.8, 4) is 0 Å². The summed E-state index contributed by atoms with van der Waals surface area (Å²) in [6, 6.07) is 7.17. The molecule has 19 heavy (non-hydrogen) atoms. The predicted octanol–water partition coefficient (Wildman–Crippen LogP) is 4.47. The molecule has 106 valence electrons. The minimum absolute atomic E-state index is 0.103. The lowest BCUT2D eigenvalue weighted by Crippen LogP contribution is -2.56. The molecule has 0 aliphatic rings. The summed E-state index contributed by atoms with van der Waals surface area (Å²) in [7, 11) is 0. The van der Waals surface area contributed by atoms with Crippen molar-refractivity contribution >= 4 is 17.4 Å². The average Bonchev–Trinajstić information content (AvgIpc) is 2.25. The molecular weight excluding hydrogens is 258 g/mol.